The number of hydrogen-bond donors (Lipinski definition) is 2. The molecule has 1 aromatic carbocycles. The third kappa shape index (κ3) is 8.12. The van der Waals surface area contributed by atoms with E-state index in [-0.39, 0.29) is 11.8 Å². The van der Waals surface area contributed by atoms with Crippen LogP contribution in [-0.4, -0.2) is 42.9 Å². The molecule has 5 heteroatoms. The van der Waals surface area contributed by atoms with Crippen LogP contribution in [0.15, 0.2) is 24.3 Å². The molecule has 1 aromatic rings. The molecule has 0 aliphatic carbocycles. The lowest BCUT2D eigenvalue weighted by molar-refractivity contribution is -0.115. The van der Waals surface area contributed by atoms with Crippen LogP contribution < -0.4 is 10.6 Å². The van der Waals surface area contributed by atoms with Crippen molar-refractivity contribution in [1.29, 1.82) is 0 Å². The van der Waals surface area contributed by atoms with Crippen molar-refractivity contribution in [1.82, 2.24) is 10.2 Å². The molecule has 0 atom stereocenters. The van der Waals surface area contributed by atoms with E-state index in [1.807, 2.05) is 23.1 Å². The average Bonchev–Trinajstić information content (AvgIpc) is 2.96. The Hall–Kier alpha value is -1.88. The van der Waals surface area contributed by atoms with Crippen LogP contribution in [0, 0.1) is 0 Å². The number of likely N-dealkylation sites (tertiary alicyclic amines) is 1. The van der Waals surface area contributed by atoms with E-state index in [0.717, 1.165) is 38.9 Å². The monoisotopic (exact) mass is 373 g/mol. The molecule has 0 bridgehead atoms. The molecule has 27 heavy (non-hydrogen) atoms. The summed E-state index contributed by atoms with van der Waals surface area (Å²) in [5, 5.41) is 6.08. The predicted molar refractivity (Wildman–Crippen MR) is 111 cm³/mol. The van der Waals surface area contributed by atoms with Gasteiger partial charge in [0, 0.05) is 24.3 Å². The van der Waals surface area contributed by atoms with Gasteiger partial charge in [-0.2, -0.15) is 0 Å². The lowest BCUT2D eigenvalue weighted by atomic mass is 10.1. The maximum Gasteiger partial charge on any atom is 0.253 e. The van der Waals surface area contributed by atoms with Gasteiger partial charge in [-0.3, -0.25) is 9.59 Å². The van der Waals surface area contributed by atoms with E-state index >= 15 is 0 Å². The summed E-state index contributed by atoms with van der Waals surface area (Å²) in [6.45, 7) is 5.04. The number of carbonyl (C=O) groups excluding carboxylic acids is 2. The Morgan fingerprint density at radius 3 is 2.48 bits per heavy atom. The molecule has 0 spiro atoms. The van der Waals surface area contributed by atoms with E-state index in [9.17, 15) is 9.59 Å². The summed E-state index contributed by atoms with van der Waals surface area (Å²) < 4.78 is 0. The van der Waals surface area contributed by atoms with Crippen LogP contribution >= 0.6 is 0 Å². The van der Waals surface area contributed by atoms with Crippen LogP contribution in [-0.2, 0) is 4.79 Å². The summed E-state index contributed by atoms with van der Waals surface area (Å²) >= 11 is 0. The molecule has 1 saturated heterocycles. The minimum Gasteiger partial charge on any atom is -0.339 e. The molecule has 2 rings (SSSR count). The van der Waals surface area contributed by atoms with E-state index in [1.165, 1.54) is 38.5 Å². The number of hydrogen-bond acceptors (Lipinski definition) is 3. The van der Waals surface area contributed by atoms with E-state index in [4.69, 9.17) is 0 Å². The number of amides is 2. The van der Waals surface area contributed by atoms with Gasteiger partial charge < -0.3 is 15.5 Å². The first-order valence-corrected chi connectivity index (χ1v) is 10.6. The van der Waals surface area contributed by atoms with Crippen LogP contribution in [0.1, 0.15) is 75.1 Å². The molecular weight excluding hydrogens is 338 g/mol. The van der Waals surface area contributed by atoms with E-state index < -0.39 is 0 Å². The maximum absolute atomic E-state index is 12.7. The summed E-state index contributed by atoms with van der Waals surface area (Å²) in [7, 11) is 0. The van der Waals surface area contributed by atoms with Crippen molar-refractivity contribution < 1.29 is 9.59 Å². The summed E-state index contributed by atoms with van der Waals surface area (Å²) in [4.78, 5) is 26.8. The summed E-state index contributed by atoms with van der Waals surface area (Å²) in [5.74, 6) is 0.00105. The van der Waals surface area contributed by atoms with Gasteiger partial charge >= 0.3 is 0 Å². The van der Waals surface area contributed by atoms with Gasteiger partial charge in [-0.25, -0.2) is 0 Å². The van der Waals surface area contributed by atoms with Crippen molar-refractivity contribution in [2.45, 2.75) is 64.7 Å². The van der Waals surface area contributed by atoms with E-state index in [0.29, 0.717) is 17.8 Å². The van der Waals surface area contributed by atoms with Crippen molar-refractivity contribution in [3.05, 3.63) is 29.8 Å². The van der Waals surface area contributed by atoms with Crippen LogP contribution in [0.2, 0.25) is 0 Å². The van der Waals surface area contributed by atoms with Crippen molar-refractivity contribution >= 4 is 17.5 Å². The van der Waals surface area contributed by atoms with Crippen LogP contribution in [0.5, 0.6) is 0 Å². The zero-order valence-electron chi connectivity index (χ0n) is 16.8. The molecule has 150 valence electrons. The van der Waals surface area contributed by atoms with Crippen molar-refractivity contribution in [2.75, 3.05) is 31.5 Å². The Bertz CT molecular complexity index is 581. The number of nitrogens with one attached hydrogen (secondary N) is 2. The minimum atomic E-state index is -0.0667. The largest absolute Gasteiger partial charge is 0.339 e. The molecule has 0 aromatic heterocycles. The van der Waals surface area contributed by atoms with Crippen molar-refractivity contribution in [2.24, 2.45) is 0 Å². The third-order valence-electron chi connectivity index (χ3n) is 5.03. The quantitative estimate of drug-likeness (QED) is 0.604. The standard InChI is InChI=1S/C22H35N3O2/c1-2-3-4-5-8-14-23-18-21(26)24-20-13-11-12-19(17-20)22(27)25-15-9-6-7-10-16-25/h11-13,17,23H,2-10,14-16,18H2,1H3,(H,24,26). The fraction of sp³-hybridized carbons (Fsp3) is 0.636. The molecule has 5 nitrogen and oxygen atoms in total. The Labute approximate surface area is 163 Å². The molecule has 0 saturated carbocycles. The number of nitrogens with zero attached hydrogens (tertiary/aromatic N) is 1. The third-order valence-corrected chi connectivity index (χ3v) is 5.03. The number of rotatable bonds is 10. The number of carbonyl (C=O) groups is 2. The highest BCUT2D eigenvalue weighted by molar-refractivity contribution is 5.97. The van der Waals surface area contributed by atoms with Gasteiger partial charge in [-0.15, -0.1) is 0 Å². The molecule has 2 N–H and O–H groups in total. The second kappa shape index (κ2) is 12.5. The highest BCUT2D eigenvalue weighted by Crippen LogP contribution is 2.16. The zero-order valence-corrected chi connectivity index (χ0v) is 16.8. The lowest BCUT2D eigenvalue weighted by Gasteiger charge is -2.20. The van der Waals surface area contributed by atoms with Gasteiger partial charge in [0.15, 0.2) is 0 Å². The second-order valence-corrected chi connectivity index (χ2v) is 7.43. The fourth-order valence-corrected chi connectivity index (χ4v) is 3.45. The number of benzene rings is 1. The summed E-state index contributed by atoms with van der Waals surface area (Å²) in [5.41, 5.74) is 1.34. The van der Waals surface area contributed by atoms with Gasteiger partial charge in [0.1, 0.15) is 0 Å². The molecule has 0 radical (unpaired) electrons. The number of unbranched alkanes of at least 4 members (excludes halogenated alkanes) is 4. The molecule has 1 aliphatic heterocycles. The van der Waals surface area contributed by atoms with Crippen LogP contribution in [0.4, 0.5) is 5.69 Å². The lowest BCUT2D eigenvalue weighted by Crippen LogP contribution is -2.32. The molecule has 0 unspecified atom stereocenters. The van der Waals surface area contributed by atoms with Gasteiger partial charge in [0.2, 0.25) is 5.91 Å². The first kappa shape index (κ1) is 21.4. The maximum atomic E-state index is 12.7. The molecule has 1 fully saturated rings. The van der Waals surface area contributed by atoms with Gasteiger partial charge in [-0.05, 0) is 44.0 Å². The minimum absolute atomic E-state index is 0.0667. The fourth-order valence-electron chi connectivity index (χ4n) is 3.45. The average molecular weight is 374 g/mol. The van der Waals surface area contributed by atoms with E-state index in [1.54, 1.807) is 6.07 Å². The predicted octanol–water partition coefficient (Wildman–Crippen LogP) is 4.20. The molecule has 2 amide bonds. The summed E-state index contributed by atoms with van der Waals surface area (Å²) in [6.07, 6.45) is 10.7. The Morgan fingerprint density at radius 2 is 1.74 bits per heavy atom. The molecular formula is C22H35N3O2. The zero-order chi connectivity index (χ0) is 19.3. The number of anilines is 1. The van der Waals surface area contributed by atoms with Crippen molar-refractivity contribution in [3.8, 4) is 0 Å². The van der Waals surface area contributed by atoms with Crippen LogP contribution in [0.25, 0.3) is 0 Å². The topological polar surface area (TPSA) is 61.4 Å². The van der Waals surface area contributed by atoms with Gasteiger partial charge in [0.05, 0.1) is 6.54 Å². The first-order chi connectivity index (χ1) is 13.2. The highest BCUT2D eigenvalue weighted by Gasteiger charge is 2.17. The SMILES string of the molecule is CCCCCCCNCC(=O)Nc1cccc(C(=O)N2CCCCCC2)c1. The Balaban J connectivity index is 1.75. The van der Waals surface area contributed by atoms with Gasteiger partial charge in [-0.1, -0.05) is 51.5 Å². The van der Waals surface area contributed by atoms with Crippen LogP contribution in [0.3, 0.4) is 0 Å². The molecule has 1 heterocycles. The second-order valence-electron chi connectivity index (χ2n) is 7.43. The van der Waals surface area contributed by atoms with Gasteiger partial charge in [0.25, 0.3) is 5.91 Å². The Kier molecular flexibility index (Phi) is 9.91. The first-order valence-electron chi connectivity index (χ1n) is 10.6. The highest BCUT2D eigenvalue weighted by atomic mass is 16.2. The summed E-state index contributed by atoms with van der Waals surface area (Å²) in [6, 6.07) is 7.29. The molecule has 1 aliphatic rings. The van der Waals surface area contributed by atoms with E-state index in [2.05, 4.69) is 17.6 Å². The normalized spacial score (nSPS) is 14.6. The van der Waals surface area contributed by atoms with Crippen molar-refractivity contribution in [3.63, 3.8) is 0 Å². The Morgan fingerprint density at radius 1 is 1.00 bits per heavy atom. The smallest absolute Gasteiger partial charge is 0.253 e.